The fourth-order valence-electron chi connectivity index (χ4n) is 4.44. The average molecular weight is 303 g/mol. The van der Waals surface area contributed by atoms with E-state index in [0.29, 0.717) is 0 Å². The Morgan fingerprint density at radius 2 is 1.73 bits per heavy atom. The molecule has 22 heavy (non-hydrogen) atoms. The van der Waals surface area contributed by atoms with Gasteiger partial charge in [-0.15, -0.1) is 0 Å². The Balaban J connectivity index is 1.77. The second-order valence-electron chi connectivity index (χ2n) is 6.79. The standard InChI is InChI=1S/C19H29NO2/c1-4-17-18(21-2)10-9-16(19(17)22-3)13-20-11-14-7-5-6-8-15(14)12-20/h9-10,14-15H,4-8,11-13H2,1-3H3. The number of methoxy groups -OCH3 is 2. The first-order chi connectivity index (χ1) is 10.8. The second kappa shape index (κ2) is 6.91. The Morgan fingerprint density at radius 3 is 2.27 bits per heavy atom. The Hall–Kier alpha value is -1.22. The monoisotopic (exact) mass is 303 g/mol. The summed E-state index contributed by atoms with van der Waals surface area (Å²) in [4.78, 5) is 2.63. The van der Waals surface area contributed by atoms with Crippen molar-refractivity contribution in [1.82, 2.24) is 4.90 Å². The molecule has 2 aliphatic rings. The highest BCUT2D eigenvalue weighted by Gasteiger charge is 2.34. The number of rotatable bonds is 5. The van der Waals surface area contributed by atoms with Crippen molar-refractivity contribution in [2.24, 2.45) is 11.8 Å². The van der Waals surface area contributed by atoms with E-state index < -0.39 is 0 Å². The predicted octanol–water partition coefficient (Wildman–Crippen LogP) is 3.89. The Labute approximate surface area is 134 Å². The first-order valence-electron chi connectivity index (χ1n) is 8.71. The van der Waals surface area contributed by atoms with Gasteiger partial charge in [0.15, 0.2) is 0 Å². The van der Waals surface area contributed by atoms with Crippen LogP contribution in [0.2, 0.25) is 0 Å². The molecule has 1 saturated heterocycles. The molecule has 0 bridgehead atoms. The lowest BCUT2D eigenvalue weighted by atomic mass is 9.82. The van der Waals surface area contributed by atoms with Gasteiger partial charge in [-0.25, -0.2) is 0 Å². The third kappa shape index (κ3) is 2.96. The lowest BCUT2D eigenvalue weighted by molar-refractivity contribution is 0.299. The van der Waals surface area contributed by atoms with Crippen LogP contribution in [0.5, 0.6) is 11.5 Å². The van der Waals surface area contributed by atoms with Crippen LogP contribution >= 0.6 is 0 Å². The van der Waals surface area contributed by atoms with Crippen molar-refractivity contribution >= 4 is 0 Å². The van der Waals surface area contributed by atoms with Gasteiger partial charge in [0.2, 0.25) is 0 Å². The largest absolute Gasteiger partial charge is 0.496 e. The zero-order valence-corrected chi connectivity index (χ0v) is 14.2. The lowest BCUT2D eigenvalue weighted by Gasteiger charge is -2.23. The summed E-state index contributed by atoms with van der Waals surface area (Å²) in [5.74, 6) is 3.84. The Bertz CT molecular complexity index is 500. The zero-order chi connectivity index (χ0) is 15.5. The molecule has 3 rings (SSSR count). The van der Waals surface area contributed by atoms with Gasteiger partial charge in [0.05, 0.1) is 14.2 Å². The highest BCUT2D eigenvalue weighted by Crippen LogP contribution is 2.38. The van der Waals surface area contributed by atoms with Crippen LogP contribution in [0.3, 0.4) is 0 Å². The molecule has 1 aliphatic carbocycles. The SMILES string of the molecule is CCc1c(OC)ccc(CN2CC3CCCCC3C2)c1OC. The maximum atomic E-state index is 5.73. The van der Waals surface area contributed by atoms with Gasteiger partial charge in [-0.3, -0.25) is 4.90 Å². The maximum absolute atomic E-state index is 5.73. The van der Waals surface area contributed by atoms with Gasteiger partial charge in [0.1, 0.15) is 11.5 Å². The van der Waals surface area contributed by atoms with Crippen LogP contribution in [-0.2, 0) is 13.0 Å². The fourth-order valence-corrected chi connectivity index (χ4v) is 4.44. The number of nitrogens with zero attached hydrogens (tertiary/aromatic N) is 1. The third-order valence-corrected chi connectivity index (χ3v) is 5.52. The first-order valence-corrected chi connectivity index (χ1v) is 8.71. The molecule has 0 amide bonds. The molecule has 0 spiro atoms. The summed E-state index contributed by atoms with van der Waals surface area (Å²) < 4.78 is 11.2. The molecule has 0 aromatic heterocycles. The van der Waals surface area contributed by atoms with Crippen molar-refractivity contribution in [1.29, 1.82) is 0 Å². The molecule has 122 valence electrons. The lowest BCUT2D eigenvalue weighted by Crippen LogP contribution is -2.21. The van der Waals surface area contributed by atoms with Crippen molar-refractivity contribution in [3.63, 3.8) is 0 Å². The van der Waals surface area contributed by atoms with Gasteiger partial charge in [0.25, 0.3) is 0 Å². The van der Waals surface area contributed by atoms with E-state index in [1.165, 1.54) is 49.9 Å². The van der Waals surface area contributed by atoms with Gasteiger partial charge in [-0.1, -0.05) is 25.8 Å². The van der Waals surface area contributed by atoms with Crippen molar-refractivity contribution in [3.8, 4) is 11.5 Å². The predicted molar refractivity (Wildman–Crippen MR) is 89.6 cm³/mol. The minimum atomic E-state index is 0.934. The normalized spacial score (nSPS) is 25.0. The smallest absolute Gasteiger partial charge is 0.130 e. The summed E-state index contributed by atoms with van der Waals surface area (Å²) in [6.07, 6.45) is 6.66. The number of ether oxygens (including phenoxy) is 2. The maximum Gasteiger partial charge on any atom is 0.130 e. The molecule has 2 fully saturated rings. The van der Waals surface area contributed by atoms with Crippen molar-refractivity contribution in [2.75, 3.05) is 27.3 Å². The molecule has 3 heteroatoms. The molecule has 1 heterocycles. The van der Waals surface area contributed by atoms with E-state index >= 15 is 0 Å². The number of likely N-dealkylation sites (tertiary alicyclic amines) is 1. The molecular weight excluding hydrogens is 274 g/mol. The van der Waals surface area contributed by atoms with Crippen molar-refractivity contribution < 1.29 is 9.47 Å². The third-order valence-electron chi connectivity index (χ3n) is 5.52. The van der Waals surface area contributed by atoms with Crippen LogP contribution in [0, 0.1) is 11.8 Å². The van der Waals surface area contributed by atoms with Crippen LogP contribution < -0.4 is 9.47 Å². The van der Waals surface area contributed by atoms with Crippen molar-refractivity contribution in [2.45, 2.75) is 45.6 Å². The van der Waals surface area contributed by atoms with E-state index in [-0.39, 0.29) is 0 Å². The Kier molecular flexibility index (Phi) is 4.92. The fraction of sp³-hybridized carbons (Fsp3) is 0.684. The second-order valence-corrected chi connectivity index (χ2v) is 6.79. The van der Waals surface area contributed by atoms with Gasteiger partial charge >= 0.3 is 0 Å². The summed E-state index contributed by atoms with van der Waals surface area (Å²) in [7, 11) is 3.51. The topological polar surface area (TPSA) is 21.7 Å². The molecule has 2 unspecified atom stereocenters. The number of benzene rings is 1. The van der Waals surface area contributed by atoms with Crippen LogP contribution in [0.4, 0.5) is 0 Å². The molecule has 2 atom stereocenters. The summed E-state index contributed by atoms with van der Waals surface area (Å²) in [6.45, 7) is 5.70. The van der Waals surface area contributed by atoms with E-state index in [1.54, 1.807) is 14.2 Å². The van der Waals surface area contributed by atoms with Gasteiger partial charge in [-0.2, -0.15) is 0 Å². The summed E-state index contributed by atoms with van der Waals surface area (Å²) in [6, 6.07) is 4.28. The van der Waals surface area contributed by atoms with Gasteiger partial charge < -0.3 is 9.47 Å². The highest BCUT2D eigenvalue weighted by atomic mass is 16.5. The summed E-state index contributed by atoms with van der Waals surface area (Å²) >= 11 is 0. The quantitative estimate of drug-likeness (QED) is 0.824. The van der Waals surface area contributed by atoms with E-state index in [9.17, 15) is 0 Å². The van der Waals surface area contributed by atoms with Crippen LogP contribution in [0.1, 0.15) is 43.7 Å². The molecule has 1 aliphatic heterocycles. The number of fused-ring (bicyclic) bond motifs is 1. The van der Waals surface area contributed by atoms with Gasteiger partial charge in [0, 0.05) is 30.8 Å². The Morgan fingerprint density at radius 1 is 1.05 bits per heavy atom. The van der Waals surface area contributed by atoms with Gasteiger partial charge in [-0.05, 0) is 37.2 Å². The summed E-state index contributed by atoms with van der Waals surface area (Å²) in [5, 5.41) is 0. The first kappa shape index (κ1) is 15.7. The molecule has 1 aromatic carbocycles. The molecule has 1 saturated carbocycles. The molecule has 0 N–H and O–H groups in total. The van der Waals surface area contributed by atoms with E-state index in [4.69, 9.17) is 9.47 Å². The molecule has 3 nitrogen and oxygen atoms in total. The van der Waals surface area contributed by atoms with E-state index in [1.807, 2.05) is 0 Å². The van der Waals surface area contributed by atoms with Crippen molar-refractivity contribution in [3.05, 3.63) is 23.3 Å². The average Bonchev–Trinajstić information content (AvgIpc) is 2.96. The van der Waals surface area contributed by atoms with E-state index in [0.717, 1.165) is 36.3 Å². The summed E-state index contributed by atoms with van der Waals surface area (Å²) in [5.41, 5.74) is 2.50. The molecule has 0 radical (unpaired) electrons. The van der Waals surface area contributed by atoms with Crippen LogP contribution in [0.15, 0.2) is 12.1 Å². The molecule has 1 aromatic rings. The number of hydrogen-bond donors (Lipinski definition) is 0. The molecular formula is C19H29NO2. The van der Waals surface area contributed by atoms with E-state index in [2.05, 4.69) is 24.0 Å². The minimum Gasteiger partial charge on any atom is -0.496 e. The van der Waals surface area contributed by atoms with Crippen LogP contribution in [-0.4, -0.2) is 32.2 Å². The minimum absolute atomic E-state index is 0.934. The zero-order valence-electron chi connectivity index (χ0n) is 14.2. The number of hydrogen-bond acceptors (Lipinski definition) is 3. The van der Waals surface area contributed by atoms with Crippen LogP contribution in [0.25, 0.3) is 0 Å². The highest BCUT2D eigenvalue weighted by molar-refractivity contribution is 5.50.